The number of para-hydroxylation sites is 4. The highest BCUT2D eigenvalue weighted by molar-refractivity contribution is 6.19. The minimum atomic E-state index is -4.68. The van der Waals surface area contributed by atoms with Gasteiger partial charge in [0.1, 0.15) is 6.07 Å². The smallest absolute Gasteiger partial charge is 0.319 e. The maximum absolute atomic E-state index is 14.4. The van der Waals surface area contributed by atoms with Crippen molar-refractivity contribution in [2.24, 2.45) is 0 Å². The van der Waals surface area contributed by atoms with Crippen molar-refractivity contribution in [3.05, 3.63) is 125 Å². The van der Waals surface area contributed by atoms with Crippen molar-refractivity contribution in [2.75, 3.05) is 0 Å². The van der Waals surface area contributed by atoms with Crippen LogP contribution < -0.4 is 0 Å². The summed E-state index contributed by atoms with van der Waals surface area (Å²) in [6.07, 6.45) is -4.68. The van der Waals surface area contributed by atoms with E-state index in [4.69, 9.17) is 6.57 Å². The predicted molar refractivity (Wildman–Crippen MR) is 156 cm³/mol. The first-order chi connectivity index (χ1) is 19.8. The quantitative estimate of drug-likeness (QED) is 0.201. The van der Waals surface area contributed by atoms with E-state index >= 15 is 0 Å². The molecule has 0 saturated heterocycles. The van der Waals surface area contributed by atoms with Crippen LogP contribution in [-0.4, -0.2) is 9.13 Å². The molecule has 0 aliphatic rings. The van der Waals surface area contributed by atoms with Gasteiger partial charge in [-0.2, -0.15) is 18.4 Å². The van der Waals surface area contributed by atoms with Crippen LogP contribution in [-0.2, 0) is 6.18 Å². The first kappa shape index (κ1) is 24.5. The van der Waals surface area contributed by atoms with Gasteiger partial charge in [-0.05, 0) is 48.9 Å². The zero-order valence-electron chi connectivity index (χ0n) is 21.7. The molecule has 196 valence electrons. The average Bonchev–Trinajstić information content (AvgIpc) is 3.47. The molecular weight excluding hydrogens is 521 g/mol. The van der Waals surface area contributed by atoms with E-state index in [-0.39, 0.29) is 11.3 Å². The lowest BCUT2D eigenvalue weighted by Gasteiger charge is -2.17. The number of fused-ring (bicyclic) bond motifs is 6. The first-order valence-corrected chi connectivity index (χ1v) is 12.9. The normalized spacial score (nSPS) is 11.9. The van der Waals surface area contributed by atoms with E-state index in [9.17, 15) is 18.4 Å². The van der Waals surface area contributed by atoms with Gasteiger partial charge in [0.15, 0.2) is 0 Å². The average molecular weight is 541 g/mol. The molecular formula is C34H19F3N4. The second kappa shape index (κ2) is 8.74. The van der Waals surface area contributed by atoms with E-state index in [1.807, 2.05) is 78.2 Å². The van der Waals surface area contributed by atoms with E-state index in [0.717, 1.165) is 49.9 Å². The zero-order chi connectivity index (χ0) is 28.5. The number of halogens is 3. The van der Waals surface area contributed by atoms with Crippen LogP contribution in [0.25, 0.3) is 59.8 Å². The molecule has 0 unspecified atom stereocenters. The van der Waals surface area contributed by atoms with Crippen LogP contribution in [0.1, 0.15) is 16.7 Å². The van der Waals surface area contributed by atoms with Gasteiger partial charge in [0.2, 0.25) is 5.69 Å². The lowest BCUT2D eigenvalue weighted by molar-refractivity contribution is -0.137. The number of aromatic nitrogens is 2. The Morgan fingerprint density at radius 2 is 1.27 bits per heavy atom. The zero-order valence-corrected chi connectivity index (χ0v) is 21.7. The van der Waals surface area contributed by atoms with E-state index in [2.05, 4.69) is 4.85 Å². The number of nitrogens with zero attached hydrogens (tertiary/aromatic N) is 4. The summed E-state index contributed by atoms with van der Waals surface area (Å²) < 4.78 is 46.8. The Hall–Kier alpha value is -5.53. The molecule has 0 saturated carbocycles. The lowest BCUT2D eigenvalue weighted by atomic mass is 10.1. The van der Waals surface area contributed by atoms with Crippen LogP contribution in [0.3, 0.4) is 0 Å². The number of aryl methyl sites for hydroxylation is 1. The van der Waals surface area contributed by atoms with Gasteiger partial charge >= 0.3 is 6.18 Å². The molecule has 41 heavy (non-hydrogen) atoms. The second-order valence-electron chi connectivity index (χ2n) is 9.96. The highest BCUT2D eigenvalue weighted by atomic mass is 19.4. The fourth-order valence-corrected chi connectivity index (χ4v) is 6.04. The van der Waals surface area contributed by atoms with Gasteiger partial charge < -0.3 is 9.13 Å². The molecule has 7 aromatic rings. The van der Waals surface area contributed by atoms with Crippen LogP contribution in [0.5, 0.6) is 0 Å². The van der Waals surface area contributed by atoms with Gasteiger partial charge in [-0.15, -0.1) is 0 Å². The summed E-state index contributed by atoms with van der Waals surface area (Å²) in [6.45, 7) is 9.79. The lowest BCUT2D eigenvalue weighted by Crippen LogP contribution is -2.12. The number of hydrogen-bond acceptors (Lipinski definition) is 1. The van der Waals surface area contributed by atoms with E-state index < -0.39 is 11.7 Å². The van der Waals surface area contributed by atoms with Crippen molar-refractivity contribution >= 4 is 49.3 Å². The van der Waals surface area contributed by atoms with Gasteiger partial charge in [0, 0.05) is 21.5 Å². The summed E-state index contributed by atoms with van der Waals surface area (Å²) in [5.74, 6) is 0. The summed E-state index contributed by atoms with van der Waals surface area (Å²) >= 11 is 0. The van der Waals surface area contributed by atoms with Crippen LogP contribution >= 0.6 is 0 Å². The van der Waals surface area contributed by atoms with Gasteiger partial charge in [0.05, 0.1) is 51.1 Å². The Morgan fingerprint density at radius 3 is 1.85 bits per heavy atom. The molecule has 0 aliphatic heterocycles. The third-order valence-corrected chi connectivity index (χ3v) is 7.71. The molecule has 0 spiro atoms. The number of nitriles is 1. The fourth-order valence-electron chi connectivity index (χ4n) is 6.04. The topological polar surface area (TPSA) is 38.0 Å². The van der Waals surface area contributed by atoms with Gasteiger partial charge in [-0.25, -0.2) is 4.85 Å². The summed E-state index contributed by atoms with van der Waals surface area (Å²) in [5.41, 5.74) is 3.69. The van der Waals surface area contributed by atoms with Crippen molar-refractivity contribution in [2.45, 2.75) is 13.1 Å². The van der Waals surface area contributed by atoms with Crippen molar-refractivity contribution < 1.29 is 13.2 Å². The highest BCUT2D eigenvalue weighted by Crippen LogP contribution is 2.44. The molecule has 5 aromatic carbocycles. The molecule has 0 radical (unpaired) electrons. The third kappa shape index (κ3) is 3.46. The molecule has 0 bridgehead atoms. The number of rotatable bonds is 2. The van der Waals surface area contributed by atoms with Crippen LogP contribution in [0.2, 0.25) is 0 Å². The molecule has 0 fully saturated rings. The Kier molecular flexibility index (Phi) is 5.22. The van der Waals surface area contributed by atoms with Crippen molar-refractivity contribution in [3.63, 3.8) is 0 Å². The number of hydrogen-bond donors (Lipinski definition) is 0. The number of benzene rings is 5. The van der Waals surface area contributed by atoms with E-state index in [1.165, 1.54) is 12.1 Å². The standard InChI is InChI=1S/C34H19F3N4/c1-20-9-7-14-27(39-2)32(20)40-28-15-5-3-11-22(28)24-17-25-23-12-4-6-16-29(23)41(31(25)18-30(24)40)33-21(19-38)10-8-13-26(33)34(35,36)37/h3-18H,1H3. The Balaban J connectivity index is 1.74. The summed E-state index contributed by atoms with van der Waals surface area (Å²) in [4.78, 5) is 3.79. The Bertz CT molecular complexity index is 2290. The number of alkyl halides is 3. The molecule has 2 heterocycles. The minimum Gasteiger partial charge on any atom is -0.319 e. The largest absolute Gasteiger partial charge is 0.418 e. The van der Waals surface area contributed by atoms with E-state index in [1.54, 1.807) is 22.8 Å². The molecule has 7 heteroatoms. The van der Waals surface area contributed by atoms with Crippen LogP contribution in [0.15, 0.2) is 97.1 Å². The van der Waals surface area contributed by atoms with Gasteiger partial charge in [0.25, 0.3) is 0 Å². The van der Waals surface area contributed by atoms with Crippen molar-refractivity contribution in [3.8, 4) is 17.4 Å². The van der Waals surface area contributed by atoms with Crippen molar-refractivity contribution in [1.29, 1.82) is 5.26 Å². The Labute approximate surface area is 232 Å². The molecule has 7 rings (SSSR count). The van der Waals surface area contributed by atoms with Gasteiger partial charge in [-0.1, -0.05) is 60.7 Å². The monoisotopic (exact) mass is 540 g/mol. The SMILES string of the molecule is [C-]#[N+]c1cccc(C)c1-n1c2ccccc2c2cc3c4ccccc4n(-c4c(C#N)cccc4C(F)(F)F)c3cc21. The molecule has 0 atom stereocenters. The minimum absolute atomic E-state index is 0.0719. The highest BCUT2D eigenvalue weighted by Gasteiger charge is 2.36. The molecule has 0 amide bonds. The second-order valence-corrected chi connectivity index (χ2v) is 9.96. The van der Waals surface area contributed by atoms with Crippen LogP contribution in [0, 0.1) is 24.8 Å². The third-order valence-electron chi connectivity index (χ3n) is 7.71. The maximum Gasteiger partial charge on any atom is 0.418 e. The van der Waals surface area contributed by atoms with E-state index in [0.29, 0.717) is 16.7 Å². The summed E-state index contributed by atoms with van der Waals surface area (Å²) in [6, 6.07) is 30.3. The predicted octanol–water partition coefficient (Wildman–Crippen LogP) is 9.63. The first-order valence-electron chi connectivity index (χ1n) is 12.9. The van der Waals surface area contributed by atoms with Crippen LogP contribution in [0.4, 0.5) is 18.9 Å². The maximum atomic E-state index is 14.4. The Morgan fingerprint density at radius 1 is 0.683 bits per heavy atom. The molecule has 4 nitrogen and oxygen atoms in total. The summed E-state index contributed by atoms with van der Waals surface area (Å²) in [5, 5.41) is 13.4. The molecule has 2 aromatic heterocycles. The molecule has 0 N–H and O–H groups in total. The fraction of sp³-hybridized carbons (Fsp3) is 0.0588. The van der Waals surface area contributed by atoms with Crippen molar-refractivity contribution in [1.82, 2.24) is 9.13 Å². The summed E-state index contributed by atoms with van der Waals surface area (Å²) in [7, 11) is 0. The van der Waals surface area contributed by atoms with Gasteiger partial charge in [-0.3, -0.25) is 0 Å². The molecule has 0 aliphatic carbocycles.